The molecule has 2 aromatic heterocycles. The van der Waals surface area contributed by atoms with Crippen LogP contribution < -0.4 is 15.4 Å². The van der Waals surface area contributed by atoms with Crippen LogP contribution in [0.5, 0.6) is 5.75 Å². The Morgan fingerprint density at radius 1 is 1.07 bits per heavy atom. The highest BCUT2D eigenvalue weighted by Crippen LogP contribution is 2.26. The summed E-state index contributed by atoms with van der Waals surface area (Å²) in [7, 11) is 1.52. The summed E-state index contributed by atoms with van der Waals surface area (Å²) in [6, 6.07) is 9.96. The number of methoxy groups -OCH3 is 1. The number of hydrogen-bond acceptors (Lipinski definition) is 7. The Balaban J connectivity index is 1.61. The highest BCUT2D eigenvalue weighted by molar-refractivity contribution is 5.78. The van der Waals surface area contributed by atoms with Crippen LogP contribution in [-0.4, -0.2) is 22.1 Å². The molecule has 4 rings (SSSR count). The lowest BCUT2D eigenvalue weighted by atomic mass is 10.2. The molecule has 7 nitrogen and oxygen atoms in total. The Bertz CT molecular complexity index is 1110. The number of fused-ring (bicyclic) bond motifs is 1. The largest absolute Gasteiger partial charge is 0.497 e. The number of nitrogens with zero attached hydrogens (tertiary/aromatic N) is 3. The lowest BCUT2D eigenvalue weighted by Crippen LogP contribution is -2.04. The topological polar surface area (TPSA) is 85.1 Å². The van der Waals surface area contributed by atoms with E-state index in [1.165, 1.54) is 19.6 Å². The van der Waals surface area contributed by atoms with E-state index in [9.17, 15) is 4.39 Å². The van der Waals surface area contributed by atoms with Gasteiger partial charge in [-0.25, -0.2) is 14.4 Å². The molecule has 27 heavy (non-hydrogen) atoms. The maximum atomic E-state index is 14.0. The Hall–Kier alpha value is -3.68. The standard InChI is InChI=1S/C19H16FN5O2/c1-11-9-21-19(24-15-8-13(26-2)4-5-14(15)20)25-18(11)23-12-3-6-17-16(7-12)22-10-27-17/h3-10H,1-2H3,(H2,21,23,24,25). The van der Waals surface area contributed by atoms with Crippen molar-refractivity contribution in [3.8, 4) is 5.75 Å². The fraction of sp³-hybridized carbons (Fsp3) is 0.105. The molecular weight excluding hydrogens is 349 g/mol. The van der Waals surface area contributed by atoms with Crippen LogP contribution in [-0.2, 0) is 0 Å². The SMILES string of the molecule is COc1ccc(F)c(Nc2ncc(C)c(Nc3ccc4ocnc4c3)n2)c1. The van der Waals surface area contributed by atoms with E-state index < -0.39 is 5.82 Å². The van der Waals surface area contributed by atoms with Crippen molar-refractivity contribution in [2.24, 2.45) is 0 Å². The average molecular weight is 365 g/mol. The molecule has 0 aliphatic carbocycles. The molecule has 0 saturated carbocycles. The van der Waals surface area contributed by atoms with Gasteiger partial charge in [0.25, 0.3) is 0 Å². The van der Waals surface area contributed by atoms with Crippen LogP contribution in [0, 0.1) is 12.7 Å². The highest BCUT2D eigenvalue weighted by Gasteiger charge is 2.09. The van der Waals surface area contributed by atoms with E-state index in [2.05, 4.69) is 25.6 Å². The van der Waals surface area contributed by atoms with Crippen molar-refractivity contribution < 1.29 is 13.5 Å². The minimum atomic E-state index is -0.425. The second kappa shape index (κ2) is 6.91. The van der Waals surface area contributed by atoms with Gasteiger partial charge in [0.1, 0.15) is 22.9 Å². The van der Waals surface area contributed by atoms with E-state index in [0.29, 0.717) is 17.2 Å². The molecule has 136 valence electrons. The molecular formula is C19H16FN5O2. The number of aryl methyl sites for hydroxylation is 1. The molecule has 0 aliphatic rings. The van der Waals surface area contributed by atoms with Crippen LogP contribution in [0.2, 0.25) is 0 Å². The lowest BCUT2D eigenvalue weighted by molar-refractivity contribution is 0.414. The second-order valence-corrected chi connectivity index (χ2v) is 5.86. The number of benzene rings is 2. The van der Waals surface area contributed by atoms with Crippen molar-refractivity contribution in [2.75, 3.05) is 17.7 Å². The van der Waals surface area contributed by atoms with E-state index in [1.54, 1.807) is 18.3 Å². The number of ether oxygens (including phenoxy) is 1. The minimum absolute atomic E-state index is 0.230. The summed E-state index contributed by atoms with van der Waals surface area (Å²) in [5, 5.41) is 6.11. The first-order valence-corrected chi connectivity index (χ1v) is 8.17. The van der Waals surface area contributed by atoms with E-state index in [4.69, 9.17) is 9.15 Å². The highest BCUT2D eigenvalue weighted by atomic mass is 19.1. The average Bonchev–Trinajstić information content (AvgIpc) is 3.14. The Kier molecular flexibility index (Phi) is 4.29. The Morgan fingerprint density at radius 2 is 1.96 bits per heavy atom. The van der Waals surface area contributed by atoms with Crippen molar-refractivity contribution in [2.45, 2.75) is 6.92 Å². The first kappa shape index (κ1) is 16.8. The molecule has 0 saturated heterocycles. The zero-order valence-corrected chi connectivity index (χ0v) is 14.7. The minimum Gasteiger partial charge on any atom is -0.497 e. The van der Waals surface area contributed by atoms with Crippen LogP contribution in [0.1, 0.15) is 5.56 Å². The summed E-state index contributed by atoms with van der Waals surface area (Å²) >= 11 is 0. The zero-order valence-electron chi connectivity index (χ0n) is 14.7. The molecule has 0 spiro atoms. The molecule has 0 fully saturated rings. The van der Waals surface area contributed by atoms with Gasteiger partial charge in [-0.3, -0.25) is 0 Å². The number of anilines is 4. The first-order chi connectivity index (χ1) is 13.1. The molecule has 0 unspecified atom stereocenters. The van der Waals surface area contributed by atoms with Crippen molar-refractivity contribution in [1.29, 1.82) is 0 Å². The third-order valence-corrected chi connectivity index (χ3v) is 3.98. The fourth-order valence-electron chi connectivity index (χ4n) is 2.55. The van der Waals surface area contributed by atoms with Gasteiger partial charge in [-0.1, -0.05) is 0 Å². The lowest BCUT2D eigenvalue weighted by Gasteiger charge is -2.12. The number of rotatable bonds is 5. The number of halogens is 1. The van der Waals surface area contributed by atoms with E-state index >= 15 is 0 Å². The van der Waals surface area contributed by atoms with Crippen LogP contribution in [0.25, 0.3) is 11.1 Å². The maximum Gasteiger partial charge on any atom is 0.229 e. The van der Waals surface area contributed by atoms with E-state index in [1.807, 2.05) is 25.1 Å². The van der Waals surface area contributed by atoms with Crippen molar-refractivity contribution in [3.63, 3.8) is 0 Å². The molecule has 0 amide bonds. The molecule has 0 aliphatic heterocycles. The monoisotopic (exact) mass is 365 g/mol. The normalized spacial score (nSPS) is 10.8. The number of aromatic nitrogens is 3. The summed E-state index contributed by atoms with van der Waals surface area (Å²) in [5.41, 5.74) is 3.32. The molecule has 2 heterocycles. The smallest absolute Gasteiger partial charge is 0.229 e. The summed E-state index contributed by atoms with van der Waals surface area (Å²) in [5.74, 6) is 0.965. The van der Waals surface area contributed by atoms with Gasteiger partial charge >= 0.3 is 0 Å². The van der Waals surface area contributed by atoms with Crippen LogP contribution in [0.15, 0.2) is 53.4 Å². The molecule has 0 bridgehead atoms. The molecule has 0 radical (unpaired) electrons. The maximum absolute atomic E-state index is 14.0. The van der Waals surface area contributed by atoms with Crippen molar-refractivity contribution in [3.05, 3.63) is 60.4 Å². The summed E-state index contributed by atoms with van der Waals surface area (Å²) in [4.78, 5) is 12.8. The third kappa shape index (κ3) is 3.50. The molecule has 4 aromatic rings. The Labute approximate surface area is 154 Å². The number of oxazole rings is 1. The van der Waals surface area contributed by atoms with Gasteiger partial charge in [-0.05, 0) is 37.3 Å². The van der Waals surface area contributed by atoms with Gasteiger partial charge in [0.05, 0.1) is 12.8 Å². The molecule has 2 aromatic carbocycles. The summed E-state index contributed by atoms with van der Waals surface area (Å²) < 4.78 is 24.4. The quantitative estimate of drug-likeness (QED) is 0.536. The van der Waals surface area contributed by atoms with Gasteiger partial charge in [0.15, 0.2) is 12.0 Å². The Morgan fingerprint density at radius 3 is 2.81 bits per heavy atom. The van der Waals surface area contributed by atoms with Gasteiger partial charge in [0.2, 0.25) is 5.95 Å². The van der Waals surface area contributed by atoms with Gasteiger partial charge < -0.3 is 19.8 Å². The van der Waals surface area contributed by atoms with Crippen LogP contribution >= 0.6 is 0 Å². The first-order valence-electron chi connectivity index (χ1n) is 8.17. The van der Waals surface area contributed by atoms with Crippen molar-refractivity contribution in [1.82, 2.24) is 15.0 Å². The van der Waals surface area contributed by atoms with Gasteiger partial charge in [-0.2, -0.15) is 4.98 Å². The third-order valence-electron chi connectivity index (χ3n) is 3.98. The van der Waals surface area contributed by atoms with E-state index in [0.717, 1.165) is 16.8 Å². The fourth-order valence-corrected chi connectivity index (χ4v) is 2.55. The van der Waals surface area contributed by atoms with Crippen LogP contribution in [0.3, 0.4) is 0 Å². The van der Waals surface area contributed by atoms with Gasteiger partial charge in [0, 0.05) is 23.5 Å². The molecule has 0 atom stereocenters. The van der Waals surface area contributed by atoms with E-state index in [-0.39, 0.29) is 11.6 Å². The summed E-state index contributed by atoms with van der Waals surface area (Å²) in [6.45, 7) is 1.88. The molecule has 8 heteroatoms. The van der Waals surface area contributed by atoms with Gasteiger partial charge in [-0.15, -0.1) is 0 Å². The van der Waals surface area contributed by atoms with Crippen LogP contribution in [0.4, 0.5) is 27.5 Å². The number of nitrogens with one attached hydrogen (secondary N) is 2. The second-order valence-electron chi connectivity index (χ2n) is 5.86. The predicted molar refractivity (Wildman–Crippen MR) is 100 cm³/mol. The number of hydrogen-bond donors (Lipinski definition) is 2. The summed E-state index contributed by atoms with van der Waals surface area (Å²) in [6.07, 6.45) is 3.06. The predicted octanol–water partition coefficient (Wildman–Crippen LogP) is 4.56. The van der Waals surface area contributed by atoms with Crippen molar-refractivity contribution >= 4 is 34.2 Å². The zero-order chi connectivity index (χ0) is 18.8. The molecule has 2 N–H and O–H groups in total.